The van der Waals surface area contributed by atoms with Crippen LogP contribution in [0, 0.1) is 5.82 Å². The first kappa shape index (κ1) is 18.9. The minimum Gasteiger partial charge on any atom is -0.349 e. The summed E-state index contributed by atoms with van der Waals surface area (Å²) in [7, 11) is 0. The second kappa shape index (κ2) is 7.88. The van der Waals surface area contributed by atoms with Crippen LogP contribution in [0.3, 0.4) is 0 Å². The molecule has 7 nitrogen and oxygen atoms in total. The molecule has 1 aliphatic heterocycles. The van der Waals surface area contributed by atoms with Crippen LogP contribution >= 0.6 is 11.8 Å². The Morgan fingerprint density at radius 3 is 2.72 bits per heavy atom. The van der Waals surface area contributed by atoms with Gasteiger partial charge in [0.25, 0.3) is 17.1 Å². The number of aromatic amines is 1. The summed E-state index contributed by atoms with van der Waals surface area (Å²) in [5, 5.41) is 9.76. The number of hydrogen-bond donors (Lipinski definition) is 2. The van der Waals surface area contributed by atoms with Gasteiger partial charge in [-0.25, -0.2) is 4.39 Å². The van der Waals surface area contributed by atoms with Gasteiger partial charge in [-0.15, -0.1) is 0 Å². The van der Waals surface area contributed by atoms with Gasteiger partial charge in [0.1, 0.15) is 5.82 Å². The molecule has 2 N–H and O–H groups in total. The van der Waals surface area contributed by atoms with E-state index in [2.05, 4.69) is 15.5 Å². The second-order valence-electron chi connectivity index (χ2n) is 6.26. The van der Waals surface area contributed by atoms with Crippen molar-refractivity contribution in [2.24, 2.45) is 0 Å². The number of carbonyl (C=O) groups excluding carboxylic acids is 3. The molecule has 1 aromatic heterocycles. The number of aromatic nitrogens is 2. The van der Waals surface area contributed by atoms with Crippen molar-refractivity contribution in [2.75, 3.05) is 13.1 Å². The van der Waals surface area contributed by atoms with Crippen LogP contribution in [-0.2, 0) is 4.79 Å². The number of para-hydroxylation sites is 1. The van der Waals surface area contributed by atoms with Crippen LogP contribution in [0.15, 0.2) is 53.4 Å². The zero-order valence-corrected chi connectivity index (χ0v) is 15.8. The van der Waals surface area contributed by atoms with Gasteiger partial charge in [0.15, 0.2) is 5.69 Å². The van der Waals surface area contributed by atoms with Crippen molar-refractivity contribution in [3.63, 3.8) is 0 Å². The minimum atomic E-state index is -0.441. The Morgan fingerprint density at radius 1 is 1.17 bits per heavy atom. The van der Waals surface area contributed by atoms with Crippen LogP contribution in [0.5, 0.6) is 0 Å². The Labute approximate surface area is 169 Å². The topological polar surface area (TPSA) is 95.2 Å². The number of rotatable bonds is 5. The molecule has 0 bridgehead atoms. The molecule has 2 aromatic carbocycles. The lowest BCUT2D eigenvalue weighted by atomic mass is 10.2. The molecule has 4 rings (SSSR count). The van der Waals surface area contributed by atoms with E-state index in [1.807, 2.05) is 18.2 Å². The average molecular weight is 410 g/mol. The van der Waals surface area contributed by atoms with Gasteiger partial charge < -0.3 is 5.32 Å². The molecule has 2 heterocycles. The number of thioether (sulfide) groups is 1. The highest BCUT2D eigenvalue weighted by Gasteiger charge is 2.34. The molecule has 0 unspecified atom stereocenters. The van der Waals surface area contributed by atoms with Crippen LogP contribution < -0.4 is 5.32 Å². The molecule has 3 aromatic rings. The van der Waals surface area contributed by atoms with Crippen molar-refractivity contribution in [1.29, 1.82) is 0 Å². The molecule has 0 spiro atoms. The normalized spacial score (nSPS) is 15.5. The van der Waals surface area contributed by atoms with Crippen LogP contribution in [-0.4, -0.2) is 45.2 Å². The number of carbonyl (C=O) groups is 3. The molecule has 9 heteroatoms. The zero-order valence-electron chi connectivity index (χ0n) is 15.0. The lowest BCUT2D eigenvalue weighted by Crippen LogP contribution is -2.37. The van der Waals surface area contributed by atoms with Gasteiger partial charge in [-0.1, -0.05) is 30.3 Å². The molecule has 0 atom stereocenters. The quantitative estimate of drug-likeness (QED) is 0.630. The maximum absolute atomic E-state index is 13.0. The van der Waals surface area contributed by atoms with E-state index in [0.29, 0.717) is 10.9 Å². The molecule has 0 saturated carbocycles. The van der Waals surface area contributed by atoms with Gasteiger partial charge in [-0.3, -0.25) is 24.4 Å². The molecule has 1 saturated heterocycles. The summed E-state index contributed by atoms with van der Waals surface area (Å²) < 4.78 is 13.0. The van der Waals surface area contributed by atoms with Crippen molar-refractivity contribution in [2.45, 2.75) is 0 Å². The fraction of sp³-hybridized carbons (Fsp3) is 0.100. The van der Waals surface area contributed by atoms with Gasteiger partial charge in [0.2, 0.25) is 0 Å². The fourth-order valence-corrected chi connectivity index (χ4v) is 3.77. The Balaban J connectivity index is 1.38. The molecule has 0 radical (unpaired) electrons. The Morgan fingerprint density at radius 2 is 1.93 bits per heavy atom. The predicted octanol–water partition coefficient (Wildman–Crippen LogP) is 3.17. The average Bonchev–Trinajstić information content (AvgIpc) is 3.26. The van der Waals surface area contributed by atoms with Crippen molar-refractivity contribution in [3.05, 3.63) is 70.5 Å². The Kier molecular flexibility index (Phi) is 5.13. The first-order valence-electron chi connectivity index (χ1n) is 8.75. The highest BCUT2D eigenvalue weighted by molar-refractivity contribution is 8.18. The molecule has 146 valence electrons. The van der Waals surface area contributed by atoms with Gasteiger partial charge in [0.05, 0.1) is 10.4 Å². The SMILES string of the molecule is O=C(NCCN1C(=O)S/C(=C\c2ccc(F)cc2)C1=O)c1n[nH]c2ccccc12. The smallest absolute Gasteiger partial charge is 0.293 e. The van der Waals surface area contributed by atoms with E-state index in [4.69, 9.17) is 0 Å². The number of amides is 3. The zero-order chi connectivity index (χ0) is 20.4. The predicted molar refractivity (Wildman–Crippen MR) is 108 cm³/mol. The van der Waals surface area contributed by atoms with Crippen molar-refractivity contribution >= 4 is 45.8 Å². The summed E-state index contributed by atoms with van der Waals surface area (Å²) in [4.78, 5) is 38.3. The number of benzene rings is 2. The van der Waals surface area contributed by atoms with Gasteiger partial charge in [-0.2, -0.15) is 5.10 Å². The summed E-state index contributed by atoms with van der Waals surface area (Å²) >= 11 is 0.814. The molecule has 3 amide bonds. The molecule has 1 fully saturated rings. The minimum absolute atomic E-state index is 0.0412. The first-order chi connectivity index (χ1) is 14.0. The van der Waals surface area contributed by atoms with Crippen molar-refractivity contribution in [3.8, 4) is 0 Å². The second-order valence-corrected chi connectivity index (χ2v) is 7.25. The number of nitrogens with one attached hydrogen (secondary N) is 2. The van der Waals surface area contributed by atoms with Crippen LogP contribution in [0.25, 0.3) is 17.0 Å². The number of H-pyrrole nitrogens is 1. The van der Waals surface area contributed by atoms with Crippen molar-refractivity contribution < 1.29 is 18.8 Å². The van der Waals surface area contributed by atoms with E-state index in [9.17, 15) is 18.8 Å². The number of fused-ring (bicyclic) bond motifs is 1. The van der Waals surface area contributed by atoms with E-state index in [1.165, 1.54) is 24.3 Å². The number of halogens is 1. The van der Waals surface area contributed by atoms with Crippen molar-refractivity contribution in [1.82, 2.24) is 20.4 Å². The largest absolute Gasteiger partial charge is 0.349 e. The number of imide groups is 1. The van der Waals surface area contributed by atoms with Crippen LogP contribution in [0.2, 0.25) is 0 Å². The monoisotopic (exact) mass is 410 g/mol. The highest BCUT2D eigenvalue weighted by atomic mass is 32.2. The Hall–Kier alpha value is -3.46. The summed E-state index contributed by atoms with van der Waals surface area (Å²) in [6, 6.07) is 12.9. The molecular weight excluding hydrogens is 395 g/mol. The number of nitrogens with zero attached hydrogens (tertiary/aromatic N) is 2. The van der Waals surface area contributed by atoms with E-state index >= 15 is 0 Å². The molecule has 0 aliphatic carbocycles. The van der Waals surface area contributed by atoms with Gasteiger partial charge in [-0.05, 0) is 41.6 Å². The fourth-order valence-electron chi connectivity index (χ4n) is 2.90. The van der Waals surface area contributed by atoms with Gasteiger partial charge in [0, 0.05) is 18.5 Å². The summed E-state index contributed by atoms with van der Waals surface area (Å²) in [6.07, 6.45) is 1.54. The summed E-state index contributed by atoms with van der Waals surface area (Å²) in [5.41, 5.74) is 1.62. The van der Waals surface area contributed by atoms with Crippen LogP contribution in [0.1, 0.15) is 16.1 Å². The molecule has 29 heavy (non-hydrogen) atoms. The standard InChI is InChI=1S/C20H15FN4O3S/c21-13-7-5-12(6-8-13)11-16-19(27)25(20(28)29-16)10-9-22-18(26)17-14-3-1-2-4-15(14)23-24-17/h1-8,11H,9-10H2,(H,22,26)(H,23,24)/b16-11-. The summed E-state index contributed by atoms with van der Waals surface area (Å²) in [5.74, 6) is -1.21. The van der Waals surface area contributed by atoms with Crippen LogP contribution in [0.4, 0.5) is 9.18 Å². The lowest BCUT2D eigenvalue weighted by Gasteiger charge is -2.12. The third-order valence-electron chi connectivity index (χ3n) is 4.35. The van der Waals surface area contributed by atoms with E-state index in [0.717, 1.165) is 22.2 Å². The molecule has 1 aliphatic rings. The third-order valence-corrected chi connectivity index (χ3v) is 5.26. The van der Waals surface area contributed by atoms with E-state index in [1.54, 1.807) is 12.1 Å². The number of hydrogen-bond acceptors (Lipinski definition) is 5. The lowest BCUT2D eigenvalue weighted by molar-refractivity contribution is -0.122. The maximum atomic E-state index is 13.0. The highest BCUT2D eigenvalue weighted by Crippen LogP contribution is 2.31. The Bertz CT molecular complexity index is 1140. The first-order valence-corrected chi connectivity index (χ1v) is 9.57. The molecular formula is C20H15FN4O3S. The van der Waals surface area contributed by atoms with E-state index < -0.39 is 17.1 Å². The maximum Gasteiger partial charge on any atom is 0.293 e. The third kappa shape index (κ3) is 3.90. The summed E-state index contributed by atoms with van der Waals surface area (Å²) in [6.45, 7) is 0.140. The van der Waals surface area contributed by atoms with Gasteiger partial charge >= 0.3 is 0 Å². The van der Waals surface area contributed by atoms with E-state index in [-0.39, 0.29) is 29.5 Å².